The molecule has 1 unspecified atom stereocenters. The second kappa shape index (κ2) is 5.49. The van der Waals surface area contributed by atoms with Crippen LogP contribution in [0.25, 0.3) is 0 Å². The van der Waals surface area contributed by atoms with Gasteiger partial charge in [-0.25, -0.2) is 4.98 Å². The Morgan fingerprint density at radius 3 is 2.89 bits per heavy atom. The van der Waals surface area contributed by atoms with Gasteiger partial charge in [0.25, 0.3) is 0 Å². The van der Waals surface area contributed by atoms with Crippen LogP contribution in [-0.4, -0.2) is 42.1 Å². The van der Waals surface area contributed by atoms with E-state index in [0.29, 0.717) is 5.92 Å². The highest BCUT2D eigenvalue weighted by molar-refractivity contribution is 5.40. The molecule has 1 atom stereocenters. The van der Waals surface area contributed by atoms with E-state index in [2.05, 4.69) is 47.0 Å². The number of nitrogens with zero attached hydrogens (tertiary/aromatic N) is 3. The van der Waals surface area contributed by atoms with E-state index in [1.165, 1.54) is 37.3 Å². The molecule has 19 heavy (non-hydrogen) atoms. The van der Waals surface area contributed by atoms with Gasteiger partial charge in [-0.1, -0.05) is 19.9 Å². The highest BCUT2D eigenvalue weighted by Crippen LogP contribution is 2.24. The van der Waals surface area contributed by atoms with Crippen LogP contribution in [0, 0.1) is 5.92 Å². The van der Waals surface area contributed by atoms with Crippen molar-refractivity contribution in [3.63, 3.8) is 0 Å². The van der Waals surface area contributed by atoms with E-state index in [-0.39, 0.29) is 0 Å². The van der Waals surface area contributed by atoms with E-state index in [1.807, 2.05) is 0 Å². The van der Waals surface area contributed by atoms with E-state index in [4.69, 9.17) is 0 Å². The minimum atomic E-state index is 0.703. The summed E-state index contributed by atoms with van der Waals surface area (Å²) in [5.74, 6) is 1.87. The number of hydrogen-bond donors (Lipinski definition) is 0. The average molecular weight is 259 g/mol. The van der Waals surface area contributed by atoms with Gasteiger partial charge in [-0.2, -0.15) is 0 Å². The lowest BCUT2D eigenvalue weighted by molar-refractivity contribution is 0.230. The van der Waals surface area contributed by atoms with Crippen molar-refractivity contribution in [3.8, 4) is 0 Å². The SMILES string of the molecule is CC(C)Cc1ccc(N2CCN3CCCC3C2)nc1. The standard InChI is InChI=1S/C16H25N3/c1-13(2)10-14-5-6-16(17-11-14)19-9-8-18-7-3-4-15(18)12-19/h5-6,11,13,15H,3-4,7-10,12H2,1-2H3. The van der Waals surface area contributed by atoms with Crippen LogP contribution in [0.2, 0.25) is 0 Å². The Balaban J connectivity index is 1.65. The molecule has 1 aromatic heterocycles. The molecule has 104 valence electrons. The van der Waals surface area contributed by atoms with Gasteiger partial charge in [-0.3, -0.25) is 4.90 Å². The Morgan fingerprint density at radius 2 is 2.16 bits per heavy atom. The maximum absolute atomic E-state index is 4.68. The van der Waals surface area contributed by atoms with Crippen molar-refractivity contribution in [2.45, 2.75) is 39.2 Å². The number of aromatic nitrogens is 1. The van der Waals surface area contributed by atoms with E-state index in [9.17, 15) is 0 Å². The minimum absolute atomic E-state index is 0.703. The molecule has 3 heteroatoms. The van der Waals surface area contributed by atoms with Crippen LogP contribution in [0.5, 0.6) is 0 Å². The summed E-state index contributed by atoms with van der Waals surface area (Å²) in [6.45, 7) is 9.32. The number of piperazine rings is 1. The molecule has 0 aliphatic carbocycles. The lowest BCUT2D eigenvalue weighted by Gasteiger charge is -2.38. The normalized spacial score (nSPS) is 23.9. The zero-order valence-electron chi connectivity index (χ0n) is 12.2. The number of rotatable bonds is 3. The van der Waals surface area contributed by atoms with E-state index >= 15 is 0 Å². The van der Waals surface area contributed by atoms with Crippen molar-refractivity contribution in [2.75, 3.05) is 31.1 Å². The minimum Gasteiger partial charge on any atom is -0.354 e. The molecule has 2 fully saturated rings. The zero-order valence-corrected chi connectivity index (χ0v) is 12.2. The van der Waals surface area contributed by atoms with Gasteiger partial charge >= 0.3 is 0 Å². The summed E-state index contributed by atoms with van der Waals surface area (Å²) in [5, 5.41) is 0. The van der Waals surface area contributed by atoms with E-state index in [0.717, 1.165) is 25.6 Å². The molecule has 3 heterocycles. The molecule has 0 aromatic carbocycles. The first-order chi connectivity index (χ1) is 9.22. The largest absolute Gasteiger partial charge is 0.354 e. The number of fused-ring (bicyclic) bond motifs is 1. The second-order valence-corrected chi connectivity index (χ2v) is 6.40. The molecule has 2 aliphatic rings. The van der Waals surface area contributed by atoms with Crippen molar-refractivity contribution in [1.82, 2.24) is 9.88 Å². The first-order valence-electron chi connectivity index (χ1n) is 7.66. The van der Waals surface area contributed by atoms with Crippen LogP contribution < -0.4 is 4.90 Å². The fourth-order valence-corrected chi connectivity index (χ4v) is 3.40. The number of pyridine rings is 1. The van der Waals surface area contributed by atoms with Gasteiger partial charge in [0.05, 0.1) is 0 Å². The predicted octanol–water partition coefficient (Wildman–Crippen LogP) is 2.56. The molecule has 0 N–H and O–H groups in total. The Hall–Kier alpha value is -1.09. The Labute approximate surface area is 116 Å². The molecule has 0 spiro atoms. The van der Waals surface area contributed by atoms with Crippen LogP contribution in [0.15, 0.2) is 18.3 Å². The van der Waals surface area contributed by atoms with Crippen LogP contribution >= 0.6 is 0 Å². The molecule has 3 nitrogen and oxygen atoms in total. The summed E-state index contributed by atoms with van der Waals surface area (Å²) in [4.78, 5) is 9.78. The summed E-state index contributed by atoms with van der Waals surface area (Å²) in [7, 11) is 0. The van der Waals surface area contributed by atoms with Crippen molar-refractivity contribution in [3.05, 3.63) is 23.9 Å². The first-order valence-corrected chi connectivity index (χ1v) is 7.66. The molecule has 0 bridgehead atoms. The van der Waals surface area contributed by atoms with Gasteiger partial charge in [0, 0.05) is 31.9 Å². The third kappa shape index (κ3) is 2.92. The number of anilines is 1. The van der Waals surface area contributed by atoms with Crippen molar-refractivity contribution < 1.29 is 0 Å². The second-order valence-electron chi connectivity index (χ2n) is 6.40. The fourth-order valence-electron chi connectivity index (χ4n) is 3.40. The average Bonchev–Trinajstić information content (AvgIpc) is 2.86. The molecule has 0 radical (unpaired) electrons. The molecular formula is C16H25N3. The lowest BCUT2D eigenvalue weighted by Crippen LogP contribution is -2.50. The van der Waals surface area contributed by atoms with Gasteiger partial charge in [-0.15, -0.1) is 0 Å². The Kier molecular flexibility index (Phi) is 3.74. The predicted molar refractivity (Wildman–Crippen MR) is 79.6 cm³/mol. The van der Waals surface area contributed by atoms with Gasteiger partial charge in [-0.05, 0) is 43.4 Å². The van der Waals surface area contributed by atoms with Crippen LogP contribution in [-0.2, 0) is 6.42 Å². The summed E-state index contributed by atoms with van der Waals surface area (Å²) in [6, 6.07) is 5.23. The summed E-state index contributed by atoms with van der Waals surface area (Å²) in [5.41, 5.74) is 1.36. The Bertz CT molecular complexity index is 413. The van der Waals surface area contributed by atoms with Crippen LogP contribution in [0.1, 0.15) is 32.3 Å². The molecule has 1 aromatic rings. The topological polar surface area (TPSA) is 19.4 Å². The molecule has 0 saturated carbocycles. The van der Waals surface area contributed by atoms with Crippen molar-refractivity contribution >= 4 is 5.82 Å². The molecule has 0 amide bonds. The zero-order chi connectivity index (χ0) is 13.2. The van der Waals surface area contributed by atoms with E-state index in [1.54, 1.807) is 0 Å². The maximum atomic E-state index is 4.68. The molecule has 2 saturated heterocycles. The third-order valence-corrected chi connectivity index (χ3v) is 4.36. The first kappa shape index (κ1) is 12.9. The highest BCUT2D eigenvalue weighted by Gasteiger charge is 2.30. The lowest BCUT2D eigenvalue weighted by atomic mass is 10.0. The van der Waals surface area contributed by atoms with Crippen molar-refractivity contribution in [1.29, 1.82) is 0 Å². The van der Waals surface area contributed by atoms with Gasteiger partial charge in [0.15, 0.2) is 0 Å². The van der Waals surface area contributed by atoms with E-state index < -0.39 is 0 Å². The fraction of sp³-hybridized carbons (Fsp3) is 0.688. The number of hydrogen-bond acceptors (Lipinski definition) is 3. The van der Waals surface area contributed by atoms with Crippen molar-refractivity contribution in [2.24, 2.45) is 5.92 Å². The smallest absolute Gasteiger partial charge is 0.128 e. The maximum Gasteiger partial charge on any atom is 0.128 e. The van der Waals surface area contributed by atoms with Gasteiger partial charge in [0.2, 0.25) is 0 Å². The highest BCUT2D eigenvalue weighted by atomic mass is 15.3. The summed E-state index contributed by atoms with van der Waals surface area (Å²) < 4.78 is 0. The van der Waals surface area contributed by atoms with Gasteiger partial charge in [0.1, 0.15) is 5.82 Å². The summed E-state index contributed by atoms with van der Waals surface area (Å²) >= 11 is 0. The molecule has 2 aliphatic heterocycles. The monoisotopic (exact) mass is 259 g/mol. The summed E-state index contributed by atoms with van der Waals surface area (Å²) in [6.07, 6.45) is 5.93. The quantitative estimate of drug-likeness (QED) is 0.831. The van der Waals surface area contributed by atoms with Crippen LogP contribution in [0.4, 0.5) is 5.82 Å². The van der Waals surface area contributed by atoms with Crippen LogP contribution in [0.3, 0.4) is 0 Å². The third-order valence-electron chi connectivity index (χ3n) is 4.36. The molecule has 3 rings (SSSR count). The van der Waals surface area contributed by atoms with Gasteiger partial charge < -0.3 is 4.90 Å². The molecular weight excluding hydrogens is 234 g/mol. The Morgan fingerprint density at radius 1 is 1.26 bits per heavy atom.